The van der Waals surface area contributed by atoms with E-state index in [1.165, 1.54) is 0 Å². The summed E-state index contributed by atoms with van der Waals surface area (Å²) in [5, 5.41) is 4.14. The fourth-order valence-corrected chi connectivity index (χ4v) is 2.59. The van der Waals surface area contributed by atoms with Gasteiger partial charge in [0.2, 0.25) is 0 Å². The Morgan fingerprint density at radius 2 is 2.00 bits per heavy atom. The van der Waals surface area contributed by atoms with Crippen molar-refractivity contribution in [2.45, 2.75) is 0 Å². The first kappa shape index (κ1) is 9.93. The molecule has 0 aliphatic heterocycles. The van der Waals surface area contributed by atoms with Crippen molar-refractivity contribution in [2.24, 2.45) is 7.05 Å². The highest BCUT2D eigenvalue weighted by atomic mass is 79.9. The van der Waals surface area contributed by atoms with Gasteiger partial charge in [0.15, 0.2) is 0 Å². The van der Waals surface area contributed by atoms with Crippen LogP contribution in [0.1, 0.15) is 0 Å². The van der Waals surface area contributed by atoms with E-state index in [-0.39, 0.29) is 0 Å². The molecule has 2 rings (SSSR count). The van der Waals surface area contributed by atoms with E-state index in [9.17, 15) is 0 Å². The predicted octanol–water partition coefficient (Wildman–Crippen LogP) is 3.61. The van der Waals surface area contributed by atoms with Gasteiger partial charge in [-0.25, -0.2) is 0 Å². The molecule has 0 amide bonds. The van der Waals surface area contributed by atoms with Gasteiger partial charge in [0, 0.05) is 27.8 Å². The van der Waals surface area contributed by atoms with Crippen LogP contribution in [0.2, 0.25) is 0 Å². The lowest BCUT2D eigenvalue weighted by molar-refractivity contribution is 0.775. The van der Waals surface area contributed by atoms with Crippen LogP contribution in [0.4, 0.5) is 0 Å². The molecule has 0 saturated heterocycles. The Labute approximate surface area is 99.2 Å². The zero-order valence-corrected chi connectivity index (χ0v) is 10.7. The van der Waals surface area contributed by atoms with Crippen molar-refractivity contribution >= 4 is 31.9 Å². The number of aromatic nitrogens is 2. The Balaban J connectivity index is 2.58. The van der Waals surface area contributed by atoms with Crippen molar-refractivity contribution in [1.82, 2.24) is 9.78 Å². The number of hydrogen-bond donors (Lipinski definition) is 0. The third-order valence-corrected chi connectivity index (χ3v) is 3.18. The van der Waals surface area contributed by atoms with E-state index in [1.807, 2.05) is 29.9 Å². The van der Waals surface area contributed by atoms with Crippen molar-refractivity contribution in [3.63, 3.8) is 0 Å². The highest BCUT2D eigenvalue weighted by Gasteiger charge is 2.06. The van der Waals surface area contributed by atoms with Crippen LogP contribution in [0, 0.1) is 0 Å². The largest absolute Gasteiger partial charge is 0.268 e. The summed E-state index contributed by atoms with van der Waals surface area (Å²) in [6.45, 7) is 0. The zero-order valence-electron chi connectivity index (χ0n) is 7.54. The van der Waals surface area contributed by atoms with E-state index in [2.05, 4.69) is 43.0 Å². The van der Waals surface area contributed by atoms with Gasteiger partial charge in [0.05, 0.1) is 5.69 Å². The molecule has 0 unspecified atom stereocenters. The first-order valence-electron chi connectivity index (χ1n) is 4.12. The molecule has 0 aliphatic carbocycles. The van der Waals surface area contributed by atoms with E-state index >= 15 is 0 Å². The average molecular weight is 316 g/mol. The van der Waals surface area contributed by atoms with Gasteiger partial charge in [-0.3, -0.25) is 4.68 Å². The van der Waals surface area contributed by atoms with E-state index in [4.69, 9.17) is 0 Å². The van der Waals surface area contributed by atoms with Gasteiger partial charge >= 0.3 is 0 Å². The predicted molar refractivity (Wildman–Crippen MR) is 64.0 cm³/mol. The van der Waals surface area contributed by atoms with E-state index in [1.54, 1.807) is 6.20 Å². The molecule has 0 atom stereocenters. The second kappa shape index (κ2) is 3.87. The number of aryl methyl sites for hydroxylation is 1. The van der Waals surface area contributed by atoms with Crippen LogP contribution in [0.5, 0.6) is 0 Å². The molecule has 0 fully saturated rings. The van der Waals surface area contributed by atoms with E-state index in [0.717, 1.165) is 20.2 Å². The lowest BCUT2D eigenvalue weighted by Crippen LogP contribution is -1.93. The minimum atomic E-state index is 1.07. The summed E-state index contributed by atoms with van der Waals surface area (Å²) in [6, 6.07) is 8.11. The van der Waals surface area contributed by atoms with Crippen molar-refractivity contribution in [3.05, 3.63) is 39.4 Å². The summed E-state index contributed by atoms with van der Waals surface area (Å²) >= 11 is 6.96. The van der Waals surface area contributed by atoms with Crippen molar-refractivity contribution in [2.75, 3.05) is 0 Å². The summed E-state index contributed by atoms with van der Waals surface area (Å²) in [7, 11) is 1.93. The van der Waals surface area contributed by atoms with Gasteiger partial charge in [0.25, 0.3) is 0 Å². The Hall–Kier alpha value is -0.610. The molecule has 4 heteroatoms. The molecule has 1 heterocycles. The summed E-state index contributed by atoms with van der Waals surface area (Å²) < 4.78 is 3.99. The Morgan fingerprint density at radius 1 is 1.21 bits per heavy atom. The normalized spacial score (nSPS) is 10.5. The van der Waals surface area contributed by atoms with Crippen LogP contribution >= 0.6 is 31.9 Å². The lowest BCUT2D eigenvalue weighted by Gasteiger charge is -2.05. The molecule has 14 heavy (non-hydrogen) atoms. The fourth-order valence-electron chi connectivity index (χ4n) is 1.34. The van der Waals surface area contributed by atoms with Crippen molar-refractivity contribution in [1.29, 1.82) is 0 Å². The van der Waals surface area contributed by atoms with Crippen molar-refractivity contribution in [3.8, 4) is 11.3 Å². The molecule has 0 N–H and O–H groups in total. The molecule has 2 aromatic rings. The molecule has 0 radical (unpaired) electrons. The number of hydrogen-bond acceptors (Lipinski definition) is 1. The van der Waals surface area contributed by atoms with E-state index in [0.29, 0.717) is 0 Å². The third-order valence-electron chi connectivity index (χ3n) is 2.03. The van der Waals surface area contributed by atoms with Crippen LogP contribution in [-0.2, 0) is 7.05 Å². The summed E-state index contributed by atoms with van der Waals surface area (Å²) in [4.78, 5) is 0. The maximum Gasteiger partial charge on any atom is 0.0690 e. The smallest absolute Gasteiger partial charge is 0.0690 e. The number of benzene rings is 1. The molecular formula is C10H8Br2N2. The quantitative estimate of drug-likeness (QED) is 0.786. The van der Waals surface area contributed by atoms with Crippen LogP contribution < -0.4 is 0 Å². The zero-order chi connectivity index (χ0) is 10.1. The summed E-state index contributed by atoms with van der Waals surface area (Å²) in [5.41, 5.74) is 2.25. The Kier molecular flexibility index (Phi) is 2.74. The van der Waals surface area contributed by atoms with Crippen LogP contribution in [-0.4, -0.2) is 9.78 Å². The standard InChI is InChI=1S/C10H8Br2N2/c1-14-10(4-5-13-14)8-3-2-7(11)6-9(8)12/h2-6H,1H3. The first-order valence-corrected chi connectivity index (χ1v) is 5.70. The second-order valence-electron chi connectivity index (χ2n) is 2.96. The molecule has 2 nitrogen and oxygen atoms in total. The number of rotatable bonds is 1. The SMILES string of the molecule is Cn1nccc1-c1ccc(Br)cc1Br. The molecule has 0 saturated carbocycles. The average Bonchev–Trinajstić information content (AvgIpc) is 2.52. The van der Waals surface area contributed by atoms with Crippen LogP contribution in [0.25, 0.3) is 11.3 Å². The number of halogens is 2. The molecule has 0 bridgehead atoms. The lowest BCUT2D eigenvalue weighted by atomic mass is 10.1. The van der Waals surface area contributed by atoms with Gasteiger partial charge in [0.1, 0.15) is 0 Å². The Morgan fingerprint density at radius 3 is 2.57 bits per heavy atom. The third kappa shape index (κ3) is 1.77. The van der Waals surface area contributed by atoms with Crippen LogP contribution in [0.3, 0.4) is 0 Å². The maximum atomic E-state index is 4.14. The fraction of sp³-hybridized carbons (Fsp3) is 0.100. The summed E-state index contributed by atoms with van der Waals surface area (Å²) in [5.74, 6) is 0. The maximum absolute atomic E-state index is 4.14. The van der Waals surface area contributed by atoms with Gasteiger partial charge < -0.3 is 0 Å². The van der Waals surface area contributed by atoms with Crippen LogP contribution in [0.15, 0.2) is 39.4 Å². The molecule has 0 spiro atoms. The Bertz CT molecular complexity index is 463. The van der Waals surface area contributed by atoms with Gasteiger partial charge in [-0.1, -0.05) is 37.9 Å². The monoisotopic (exact) mass is 314 g/mol. The van der Waals surface area contributed by atoms with Gasteiger partial charge in [-0.15, -0.1) is 0 Å². The minimum Gasteiger partial charge on any atom is -0.268 e. The first-order chi connectivity index (χ1) is 6.68. The van der Waals surface area contributed by atoms with Crippen molar-refractivity contribution < 1.29 is 0 Å². The minimum absolute atomic E-state index is 1.07. The van der Waals surface area contributed by atoms with Gasteiger partial charge in [-0.2, -0.15) is 5.10 Å². The topological polar surface area (TPSA) is 17.8 Å². The molecule has 0 aliphatic rings. The van der Waals surface area contributed by atoms with Gasteiger partial charge in [-0.05, 0) is 18.2 Å². The second-order valence-corrected chi connectivity index (χ2v) is 4.73. The molecular weight excluding hydrogens is 308 g/mol. The molecule has 1 aromatic heterocycles. The molecule has 1 aromatic carbocycles. The molecule has 72 valence electrons. The van der Waals surface area contributed by atoms with E-state index < -0.39 is 0 Å². The summed E-state index contributed by atoms with van der Waals surface area (Å²) in [6.07, 6.45) is 1.80. The highest BCUT2D eigenvalue weighted by molar-refractivity contribution is 9.11. The number of nitrogens with zero attached hydrogens (tertiary/aromatic N) is 2. The highest BCUT2D eigenvalue weighted by Crippen LogP contribution is 2.29.